The maximum absolute atomic E-state index is 12.5. The zero-order valence-electron chi connectivity index (χ0n) is 12.5. The number of hydrogen-bond donors (Lipinski definition) is 2. The van der Waals surface area contributed by atoms with Crippen LogP contribution in [0.5, 0.6) is 0 Å². The lowest BCUT2D eigenvalue weighted by molar-refractivity contribution is 0.660. The molecule has 0 saturated heterocycles. The molecule has 0 aliphatic heterocycles. The average molecular weight is 283 g/mol. The molecular formula is C17H21N3O. The fourth-order valence-electron chi connectivity index (χ4n) is 2.39. The zero-order chi connectivity index (χ0) is 15.4. The van der Waals surface area contributed by atoms with Gasteiger partial charge in [0.05, 0.1) is 11.3 Å². The van der Waals surface area contributed by atoms with Gasteiger partial charge in [-0.2, -0.15) is 0 Å². The van der Waals surface area contributed by atoms with Crippen molar-refractivity contribution in [3.05, 3.63) is 57.9 Å². The van der Waals surface area contributed by atoms with Gasteiger partial charge >= 0.3 is 0 Å². The molecular weight excluding hydrogens is 262 g/mol. The third-order valence-electron chi connectivity index (χ3n) is 3.57. The number of nitrogens with zero attached hydrogens (tertiary/aromatic N) is 1. The summed E-state index contributed by atoms with van der Waals surface area (Å²) in [5, 5.41) is 7.50. The number of nitrogen functional groups attached to an aromatic ring is 1. The fourth-order valence-corrected chi connectivity index (χ4v) is 2.39. The van der Waals surface area contributed by atoms with E-state index in [1.165, 1.54) is 5.56 Å². The maximum atomic E-state index is 12.5. The normalized spacial score (nSPS) is 10.6. The predicted molar refractivity (Wildman–Crippen MR) is 86.8 cm³/mol. The molecule has 2 aromatic rings. The number of benzene rings is 1. The average Bonchev–Trinajstić information content (AvgIpc) is 2.49. The first-order valence-electron chi connectivity index (χ1n) is 7.26. The topological polar surface area (TPSA) is 71.9 Å². The Morgan fingerprint density at radius 3 is 2.33 bits per heavy atom. The summed E-state index contributed by atoms with van der Waals surface area (Å²) in [6.07, 6.45) is 1.84. The van der Waals surface area contributed by atoms with E-state index in [1.54, 1.807) is 10.6 Å². The molecule has 0 fully saturated rings. The van der Waals surface area contributed by atoms with Crippen LogP contribution in [0, 0.1) is 5.41 Å². The van der Waals surface area contributed by atoms with Crippen molar-refractivity contribution in [1.82, 2.24) is 4.57 Å². The lowest BCUT2D eigenvalue weighted by Crippen LogP contribution is -2.30. The fraction of sp³-hybridized carbons (Fsp3) is 0.294. The van der Waals surface area contributed by atoms with Crippen LogP contribution >= 0.6 is 0 Å². The first kappa shape index (κ1) is 15.0. The van der Waals surface area contributed by atoms with Crippen LogP contribution in [-0.2, 0) is 13.0 Å². The Labute approximate surface area is 124 Å². The Balaban J connectivity index is 2.59. The van der Waals surface area contributed by atoms with Crippen molar-refractivity contribution in [3.63, 3.8) is 0 Å². The van der Waals surface area contributed by atoms with Crippen molar-refractivity contribution in [1.29, 1.82) is 5.41 Å². The summed E-state index contributed by atoms with van der Waals surface area (Å²) in [5.41, 5.74) is 8.69. The molecule has 0 aliphatic rings. The van der Waals surface area contributed by atoms with Gasteiger partial charge in [-0.25, -0.2) is 0 Å². The molecule has 0 aliphatic carbocycles. The van der Waals surface area contributed by atoms with Gasteiger partial charge in [-0.05, 0) is 36.1 Å². The molecule has 4 heteroatoms. The molecule has 0 atom stereocenters. The number of aryl methyl sites for hydroxylation is 1. The van der Waals surface area contributed by atoms with E-state index < -0.39 is 0 Å². The van der Waals surface area contributed by atoms with Crippen molar-refractivity contribution in [2.75, 3.05) is 0 Å². The van der Waals surface area contributed by atoms with Crippen molar-refractivity contribution in [2.45, 2.75) is 33.2 Å². The van der Waals surface area contributed by atoms with E-state index in [1.807, 2.05) is 25.1 Å². The van der Waals surface area contributed by atoms with Gasteiger partial charge in [-0.3, -0.25) is 10.2 Å². The minimum Gasteiger partial charge on any atom is -0.384 e. The SMILES string of the molecule is CCCn1c(-c2ccc(CC)cc2)ccc(C(=N)N)c1=O. The van der Waals surface area contributed by atoms with Crippen LogP contribution in [0.25, 0.3) is 11.3 Å². The van der Waals surface area contributed by atoms with Gasteiger partial charge in [-0.1, -0.05) is 38.1 Å². The molecule has 1 aromatic heterocycles. The highest BCUT2D eigenvalue weighted by Gasteiger charge is 2.11. The Kier molecular flexibility index (Phi) is 4.58. The van der Waals surface area contributed by atoms with Gasteiger partial charge in [-0.15, -0.1) is 0 Å². The second kappa shape index (κ2) is 6.39. The summed E-state index contributed by atoms with van der Waals surface area (Å²) in [6, 6.07) is 11.7. The molecule has 110 valence electrons. The number of rotatable bonds is 5. The molecule has 0 amide bonds. The first-order valence-corrected chi connectivity index (χ1v) is 7.26. The Hall–Kier alpha value is -2.36. The molecule has 2 rings (SSSR count). The van der Waals surface area contributed by atoms with Crippen LogP contribution in [-0.4, -0.2) is 10.4 Å². The number of hydrogen-bond acceptors (Lipinski definition) is 2. The molecule has 4 nitrogen and oxygen atoms in total. The summed E-state index contributed by atoms with van der Waals surface area (Å²) < 4.78 is 1.71. The highest BCUT2D eigenvalue weighted by atomic mass is 16.1. The second-order valence-electron chi connectivity index (χ2n) is 5.05. The quantitative estimate of drug-likeness (QED) is 0.654. The predicted octanol–water partition coefficient (Wildman–Crippen LogP) is 2.77. The summed E-state index contributed by atoms with van der Waals surface area (Å²) in [7, 11) is 0. The molecule has 1 aromatic carbocycles. The number of nitrogens with one attached hydrogen (secondary N) is 1. The van der Waals surface area contributed by atoms with E-state index in [-0.39, 0.29) is 17.0 Å². The number of pyridine rings is 1. The van der Waals surface area contributed by atoms with E-state index >= 15 is 0 Å². The largest absolute Gasteiger partial charge is 0.384 e. The highest BCUT2D eigenvalue weighted by molar-refractivity contribution is 5.94. The van der Waals surface area contributed by atoms with E-state index in [9.17, 15) is 4.79 Å². The van der Waals surface area contributed by atoms with Crippen LogP contribution in [0.2, 0.25) is 0 Å². The van der Waals surface area contributed by atoms with E-state index in [2.05, 4.69) is 19.1 Å². The first-order chi connectivity index (χ1) is 10.1. The van der Waals surface area contributed by atoms with E-state index in [0.717, 1.165) is 24.1 Å². The third-order valence-corrected chi connectivity index (χ3v) is 3.57. The summed E-state index contributed by atoms with van der Waals surface area (Å²) >= 11 is 0. The molecule has 0 spiro atoms. The number of amidine groups is 1. The molecule has 0 saturated carbocycles. The van der Waals surface area contributed by atoms with Gasteiger partial charge in [0.2, 0.25) is 0 Å². The van der Waals surface area contributed by atoms with Gasteiger partial charge < -0.3 is 10.3 Å². The smallest absolute Gasteiger partial charge is 0.262 e. The number of nitrogens with two attached hydrogens (primary N) is 1. The van der Waals surface area contributed by atoms with Gasteiger partial charge in [0.1, 0.15) is 5.84 Å². The van der Waals surface area contributed by atoms with Crippen molar-refractivity contribution in [3.8, 4) is 11.3 Å². The highest BCUT2D eigenvalue weighted by Crippen LogP contribution is 2.19. The summed E-state index contributed by atoms with van der Waals surface area (Å²) in [6.45, 7) is 4.76. The lowest BCUT2D eigenvalue weighted by atomic mass is 10.1. The Morgan fingerprint density at radius 2 is 1.81 bits per heavy atom. The molecule has 0 bridgehead atoms. The van der Waals surface area contributed by atoms with Crippen LogP contribution in [0.3, 0.4) is 0 Å². The van der Waals surface area contributed by atoms with Crippen LogP contribution in [0.15, 0.2) is 41.2 Å². The maximum Gasteiger partial charge on any atom is 0.262 e. The van der Waals surface area contributed by atoms with Crippen molar-refractivity contribution < 1.29 is 0 Å². The Bertz CT molecular complexity index is 699. The molecule has 0 unspecified atom stereocenters. The molecule has 0 radical (unpaired) electrons. The second-order valence-corrected chi connectivity index (χ2v) is 5.05. The van der Waals surface area contributed by atoms with Gasteiger partial charge in [0.15, 0.2) is 0 Å². The summed E-state index contributed by atoms with van der Waals surface area (Å²) in [5.74, 6) is -0.183. The van der Waals surface area contributed by atoms with Gasteiger partial charge in [0.25, 0.3) is 5.56 Å². The van der Waals surface area contributed by atoms with Crippen molar-refractivity contribution >= 4 is 5.84 Å². The molecule has 3 N–H and O–H groups in total. The molecule has 21 heavy (non-hydrogen) atoms. The van der Waals surface area contributed by atoms with E-state index in [4.69, 9.17) is 11.1 Å². The molecule has 1 heterocycles. The minimum absolute atomic E-state index is 0.183. The van der Waals surface area contributed by atoms with Crippen LogP contribution in [0.1, 0.15) is 31.4 Å². The van der Waals surface area contributed by atoms with Crippen molar-refractivity contribution in [2.24, 2.45) is 5.73 Å². The Morgan fingerprint density at radius 1 is 1.14 bits per heavy atom. The zero-order valence-corrected chi connectivity index (χ0v) is 12.5. The van der Waals surface area contributed by atoms with Crippen LogP contribution in [0.4, 0.5) is 0 Å². The van der Waals surface area contributed by atoms with Gasteiger partial charge in [0, 0.05) is 6.54 Å². The number of aromatic nitrogens is 1. The summed E-state index contributed by atoms with van der Waals surface area (Å²) in [4.78, 5) is 12.5. The van der Waals surface area contributed by atoms with E-state index in [0.29, 0.717) is 6.54 Å². The van der Waals surface area contributed by atoms with Crippen LogP contribution < -0.4 is 11.3 Å². The lowest BCUT2D eigenvalue weighted by Gasteiger charge is -2.14. The monoisotopic (exact) mass is 283 g/mol. The third kappa shape index (κ3) is 3.05. The standard InChI is InChI=1S/C17H21N3O/c1-3-11-20-15(10-9-14(16(18)19)17(20)21)13-7-5-12(4-2)6-8-13/h5-10H,3-4,11H2,1-2H3,(H3,18,19). The minimum atomic E-state index is -0.193.